The van der Waals surface area contributed by atoms with E-state index in [-0.39, 0.29) is 6.61 Å². The summed E-state index contributed by atoms with van der Waals surface area (Å²) in [6.07, 6.45) is 0. The molecule has 0 bridgehead atoms. The van der Waals surface area contributed by atoms with Crippen LogP contribution in [0.4, 0.5) is 0 Å². The van der Waals surface area contributed by atoms with Crippen molar-refractivity contribution in [2.45, 2.75) is 13.5 Å². The zero-order chi connectivity index (χ0) is 11.0. The summed E-state index contributed by atoms with van der Waals surface area (Å²) in [5, 5.41) is 11.1. The molecular weight excluding hydrogens is 233 g/mol. The van der Waals surface area contributed by atoms with Crippen molar-refractivity contribution < 1.29 is 5.11 Å². The predicted octanol–water partition coefficient (Wildman–Crippen LogP) is 3.34. The number of rotatable bonds is 1. The average Bonchev–Trinajstić information content (AvgIpc) is 2.18. The molecule has 4 heteroatoms. The molecule has 0 saturated carbocycles. The Hall–Kier alpha value is -0.830. The van der Waals surface area contributed by atoms with Gasteiger partial charge in [0.1, 0.15) is 0 Å². The first-order valence-corrected chi connectivity index (χ1v) is 5.23. The number of hydrogen-bond acceptors (Lipinski definition) is 2. The van der Waals surface area contributed by atoms with Gasteiger partial charge >= 0.3 is 0 Å². The lowest BCUT2D eigenvalue weighted by molar-refractivity contribution is 0.283. The van der Waals surface area contributed by atoms with Gasteiger partial charge in [0.25, 0.3) is 0 Å². The van der Waals surface area contributed by atoms with E-state index in [4.69, 9.17) is 23.2 Å². The van der Waals surface area contributed by atoms with E-state index in [1.54, 1.807) is 12.1 Å². The molecule has 0 unspecified atom stereocenters. The van der Waals surface area contributed by atoms with Crippen LogP contribution in [0.1, 0.15) is 11.3 Å². The predicted molar refractivity (Wildman–Crippen MR) is 62.4 cm³/mol. The Labute approximate surface area is 97.5 Å². The van der Waals surface area contributed by atoms with Gasteiger partial charge in [-0.1, -0.05) is 23.2 Å². The zero-order valence-electron chi connectivity index (χ0n) is 8.09. The second-order valence-electron chi connectivity index (χ2n) is 3.36. The van der Waals surface area contributed by atoms with Crippen LogP contribution in [0.5, 0.6) is 0 Å². The lowest BCUT2D eigenvalue weighted by Gasteiger charge is -2.07. The molecule has 0 saturated heterocycles. The van der Waals surface area contributed by atoms with E-state index in [0.29, 0.717) is 15.6 Å². The van der Waals surface area contributed by atoms with Gasteiger partial charge in [-0.3, -0.25) is 4.98 Å². The maximum absolute atomic E-state index is 9.23. The van der Waals surface area contributed by atoms with Crippen LogP contribution >= 0.6 is 23.2 Å². The number of aryl methyl sites for hydroxylation is 1. The molecule has 0 radical (unpaired) electrons. The molecule has 0 fully saturated rings. The molecule has 1 heterocycles. The quantitative estimate of drug-likeness (QED) is 0.831. The lowest BCUT2D eigenvalue weighted by Crippen LogP contribution is -1.92. The van der Waals surface area contributed by atoms with Crippen molar-refractivity contribution in [3.05, 3.63) is 39.5 Å². The van der Waals surface area contributed by atoms with Crippen molar-refractivity contribution in [1.82, 2.24) is 4.98 Å². The molecule has 0 aliphatic carbocycles. The first kappa shape index (κ1) is 10.7. The van der Waals surface area contributed by atoms with Gasteiger partial charge in [0.15, 0.2) is 0 Å². The molecule has 0 amide bonds. The molecule has 78 valence electrons. The minimum Gasteiger partial charge on any atom is -0.392 e. The average molecular weight is 242 g/mol. The van der Waals surface area contributed by atoms with Crippen molar-refractivity contribution >= 4 is 34.1 Å². The highest BCUT2D eigenvalue weighted by molar-refractivity contribution is 6.38. The van der Waals surface area contributed by atoms with Crippen LogP contribution in [-0.2, 0) is 6.61 Å². The third kappa shape index (κ3) is 1.93. The summed E-state index contributed by atoms with van der Waals surface area (Å²) in [5.41, 5.74) is 2.31. The monoisotopic (exact) mass is 241 g/mol. The van der Waals surface area contributed by atoms with Crippen LogP contribution in [0, 0.1) is 6.92 Å². The summed E-state index contributed by atoms with van der Waals surface area (Å²) < 4.78 is 0. The number of pyridine rings is 1. The van der Waals surface area contributed by atoms with Gasteiger partial charge < -0.3 is 5.11 Å². The van der Waals surface area contributed by atoms with E-state index in [9.17, 15) is 5.11 Å². The second-order valence-corrected chi connectivity index (χ2v) is 4.21. The van der Waals surface area contributed by atoms with Crippen LogP contribution in [0.15, 0.2) is 18.2 Å². The first-order valence-electron chi connectivity index (χ1n) is 4.48. The molecule has 15 heavy (non-hydrogen) atoms. The maximum atomic E-state index is 9.23. The van der Waals surface area contributed by atoms with E-state index >= 15 is 0 Å². The number of aliphatic hydroxyl groups is 1. The van der Waals surface area contributed by atoms with Crippen molar-refractivity contribution in [2.24, 2.45) is 0 Å². The smallest absolute Gasteiger partial charge is 0.0895 e. The van der Waals surface area contributed by atoms with Crippen molar-refractivity contribution in [2.75, 3.05) is 0 Å². The maximum Gasteiger partial charge on any atom is 0.0895 e. The van der Waals surface area contributed by atoms with Gasteiger partial charge in [-0.2, -0.15) is 0 Å². The molecule has 1 N–H and O–H groups in total. The Bertz CT molecular complexity index is 525. The molecule has 0 aliphatic rings. The highest BCUT2D eigenvalue weighted by Crippen LogP contribution is 2.29. The number of nitrogens with zero attached hydrogens (tertiary/aromatic N) is 1. The number of halogens is 2. The Balaban J connectivity index is 2.89. The fourth-order valence-electron chi connectivity index (χ4n) is 1.59. The molecule has 2 aromatic rings. The van der Waals surface area contributed by atoms with E-state index in [1.807, 2.05) is 13.0 Å². The first-order chi connectivity index (χ1) is 7.11. The fourth-order valence-corrected chi connectivity index (χ4v) is 2.13. The summed E-state index contributed by atoms with van der Waals surface area (Å²) in [6.45, 7) is 1.82. The van der Waals surface area contributed by atoms with E-state index in [1.165, 1.54) is 0 Å². The fraction of sp³-hybridized carbons (Fsp3) is 0.182. The molecular formula is C11H9Cl2NO. The summed E-state index contributed by atoms with van der Waals surface area (Å²) in [4.78, 5) is 4.32. The summed E-state index contributed by atoms with van der Waals surface area (Å²) in [6, 6.07) is 5.24. The van der Waals surface area contributed by atoms with Crippen LogP contribution in [0.25, 0.3) is 10.9 Å². The Morgan fingerprint density at radius 1 is 1.27 bits per heavy atom. The Kier molecular flexibility index (Phi) is 2.83. The van der Waals surface area contributed by atoms with Crippen LogP contribution in [0.2, 0.25) is 10.0 Å². The molecule has 0 aliphatic heterocycles. The zero-order valence-corrected chi connectivity index (χ0v) is 9.60. The van der Waals surface area contributed by atoms with Gasteiger partial charge in [-0.15, -0.1) is 0 Å². The summed E-state index contributed by atoms with van der Waals surface area (Å²) >= 11 is 11.9. The largest absolute Gasteiger partial charge is 0.392 e. The SMILES string of the molecule is Cc1cc(CO)c2cc(Cl)cc(Cl)c2n1. The van der Waals surface area contributed by atoms with Crippen molar-refractivity contribution in [3.63, 3.8) is 0 Å². The van der Waals surface area contributed by atoms with E-state index < -0.39 is 0 Å². The third-order valence-electron chi connectivity index (χ3n) is 2.22. The van der Waals surface area contributed by atoms with Gasteiger partial charge in [-0.25, -0.2) is 0 Å². The molecule has 0 spiro atoms. The van der Waals surface area contributed by atoms with E-state index in [0.717, 1.165) is 16.6 Å². The molecule has 1 aromatic carbocycles. The van der Waals surface area contributed by atoms with Gasteiger partial charge in [-0.05, 0) is 30.7 Å². The van der Waals surface area contributed by atoms with E-state index in [2.05, 4.69) is 4.98 Å². The minimum atomic E-state index is -0.0451. The van der Waals surface area contributed by atoms with Crippen LogP contribution < -0.4 is 0 Å². The Morgan fingerprint density at radius 3 is 2.67 bits per heavy atom. The topological polar surface area (TPSA) is 33.1 Å². The van der Waals surface area contributed by atoms with Crippen LogP contribution in [-0.4, -0.2) is 10.1 Å². The minimum absolute atomic E-state index is 0.0451. The molecule has 2 rings (SSSR count). The van der Waals surface area contributed by atoms with Gasteiger partial charge in [0.2, 0.25) is 0 Å². The lowest BCUT2D eigenvalue weighted by atomic mass is 10.1. The third-order valence-corrected chi connectivity index (χ3v) is 2.72. The molecule has 0 atom stereocenters. The molecule has 2 nitrogen and oxygen atoms in total. The van der Waals surface area contributed by atoms with Gasteiger partial charge in [0, 0.05) is 16.1 Å². The molecule has 1 aromatic heterocycles. The van der Waals surface area contributed by atoms with Gasteiger partial charge in [0.05, 0.1) is 17.1 Å². The summed E-state index contributed by atoms with van der Waals surface area (Å²) in [5.74, 6) is 0. The number of aliphatic hydroxyl groups excluding tert-OH is 1. The van der Waals surface area contributed by atoms with Crippen molar-refractivity contribution in [1.29, 1.82) is 0 Å². The summed E-state index contributed by atoms with van der Waals surface area (Å²) in [7, 11) is 0. The number of aromatic nitrogens is 1. The Morgan fingerprint density at radius 2 is 2.00 bits per heavy atom. The number of fused-ring (bicyclic) bond motifs is 1. The second kappa shape index (κ2) is 3.97. The number of benzene rings is 1. The van der Waals surface area contributed by atoms with Crippen molar-refractivity contribution in [3.8, 4) is 0 Å². The number of hydrogen-bond donors (Lipinski definition) is 1. The normalized spacial score (nSPS) is 10.9. The highest BCUT2D eigenvalue weighted by Gasteiger charge is 2.07. The highest BCUT2D eigenvalue weighted by atomic mass is 35.5. The standard InChI is InChI=1S/C11H9Cl2NO/c1-6-2-7(5-15)9-3-8(12)4-10(13)11(9)14-6/h2-4,15H,5H2,1H3. The van der Waals surface area contributed by atoms with Crippen LogP contribution in [0.3, 0.4) is 0 Å².